The molecule has 1 aromatic rings. The van der Waals surface area contributed by atoms with E-state index in [9.17, 15) is 5.11 Å². The molecular weight excluding hydrogens is 192 g/mol. The van der Waals surface area contributed by atoms with Crippen LogP contribution in [0.15, 0.2) is 23.1 Å². The minimum Gasteiger partial charge on any atom is -0.385 e. The van der Waals surface area contributed by atoms with Gasteiger partial charge in [0.1, 0.15) is 0 Å². The van der Waals surface area contributed by atoms with E-state index in [0.29, 0.717) is 0 Å². The predicted molar refractivity (Wildman–Crippen MR) is 58.6 cm³/mol. The number of benzene rings is 1. The normalized spacial score (nSPS) is 22.9. The quantitative estimate of drug-likeness (QED) is 0.762. The van der Waals surface area contributed by atoms with Gasteiger partial charge in [0.2, 0.25) is 0 Å². The summed E-state index contributed by atoms with van der Waals surface area (Å²) in [4.78, 5) is 1.37. The second-order valence-corrected chi connectivity index (χ2v) is 5.38. The third-order valence-electron chi connectivity index (χ3n) is 3.16. The summed E-state index contributed by atoms with van der Waals surface area (Å²) in [5.41, 5.74) is 2.18. The molecular formula is C12H14OS. The van der Waals surface area contributed by atoms with Crippen molar-refractivity contribution >= 4 is 11.8 Å². The van der Waals surface area contributed by atoms with E-state index in [1.54, 1.807) is 0 Å². The van der Waals surface area contributed by atoms with Gasteiger partial charge in [0.25, 0.3) is 0 Å². The topological polar surface area (TPSA) is 20.2 Å². The Labute approximate surface area is 88.5 Å². The maximum atomic E-state index is 10.1. The molecule has 0 amide bonds. The minimum absolute atomic E-state index is 0.463. The Bertz CT molecular complexity index is 369. The summed E-state index contributed by atoms with van der Waals surface area (Å²) in [7, 11) is 0. The average molecular weight is 206 g/mol. The molecule has 1 aromatic carbocycles. The summed E-state index contributed by atoms with van der Waals surface area (Å²) < 4.78 is 0. The molecule has 1 nitrogen and oxygen atoms in total. The van der Waals surface area contributed by atoms with Crippen molar-refractivity contribution in [1.82, 2.24) is 0 Å². The zero-order valence-corrected chi connectivity index (χ0v) is 8.94. The Balaban J connectivity index is 2.11. The van der Waals surface area contributed by atoms with Crippen LogP contribution in [0, 0.1) is 0 Å². The molecule has 0 saturated heterocycles. The third kappa shape index (κ3) is 1.29. The molecule has 0 aromatic heterocycles. The van der Waals surface area contributed by atoms with Crippen molar-refractivity contribution in [1.29, 1.82) is 0 Å². The molecule has 1 saturated carbocycles. The number of fused-ring (bicyclic) bond motifs is 1. The zero-order valence-electron chi connectivity index (χ0n) is 8.12. The van der Waals surface area contributed by atoms with Crippen LogP contribution in [0.1, 0.15) is 30.4 Å². The molecule has 1 aliphatic carbocycles. The van der Waals surface area contributed by atoms with Crippen molar-refractivity contribution in [2.24, 2.45) is 0 Å². The fraction of sp³-hybridized carbons (Fsp3) is 0.500. The number of hydrogen-bond acceptors (Lipinski definition) is 2. The standard InChI is InChI=1S/C12H14OS/c13-12(6-7-12)10-5-1-3-9-4-2-8-14-11(9)10/h1,3,5,13H,2,4,6-8H2. The molecule has 74 valence electrons. The van der Waals surface area contributed by atoms with E-state index in [-0.39, 0.29) is 0 Å². The lowest BCUT2D eigenvalue weighted by Gasteiger charge is -2.21. The van der Waals surface area contributed by atoms with E-state index >= 15 is 0 Å². The predicted octanol–water partition coefficient (Wildman–Crippen LogP) is 2.71. The van der Waals surface area contributed by atoms with E-state index in [0.717, 1.165) is 12.8 Å². The summed E-state index contributed by atoms with van der Waals surface area (Å²) in [6.07, 6.45) is 4.36. The summed E-state index contributed by atoms with van der Waals surface area (Å²) in [5, 5.41) is 10.1. The van der Waals surface area contributed by atoms with Crippen LogP contribution in [0.2, 0.25) is 0 Å². The lowest BCUT2D eigenvalue weighted by Crippen LogP contribution is -2.10. The van der Waals surface area contributed by atoms with Gasteiger partial charge in [-0.05, 0) is 42.6 Å². The Morgan fingerprint density at radius 1 is 1.29 bits per heavy atom. The van der Waals surface area contributed by atoms with Crippen molar-refractivity contribution in [2.75, 3.05) is 5.75 Å². The highest BCUT2D eigenvalue weighted by molar-refractivity contribution is 7.99. The first-order chi connectivity index (χ1) is 6.80. The molecule has 0 bridgehead atoms. The van der Waals surface area contributed by atoms with Crippen LogP contribution in [0.4, 0.5) is 0 Å². The molecule has 0 spiro atoms. The molecule has 14 heavy (non-hydrogen) atoms. The molecule has 2 heteroatoms. The van der Waals surface area contributed by atoms with Crippen molar-refractivity contribution in [2.45, 2.75) is 36.2 Å². The largest absolute Gasteiger partial charge is 0.385 e. The number of rotatable bonds is 1. The highest BCUT2D eigenvalue weighted by Gasteiger charge is 2.44. The highest BCUT2D eigenvalue weighted by Crippen LogP contribution is 2.50. The highest BCUT2D eigenvalue weighted by atomic mass is 32.2. The van der Waals surface area contributed by atoms with Crippen molar-refractivity contribution in [3.8, 4) is 0 Å². The van der Waals surface area contributed by atoms with E-state index in [4.69, 9.17) is 0 Å². The third-order valence-corrected chi connectivity index (χ3v) is 4.42. The van der Waals surface area contributed by atoms with Gasteiger partial charge in [0, 0.05) is 4.90 Å². The van der Waals surface area contributed by atoms with Crippen LogP contribution in [0.3, 0.4) is 0 Å². The van der Waals surface area contributed by atoms with E-state index in [1.807, 2.05) is 11.8 Å². The Morgan fingerprint density at radius 2 is 2.14 bits per heavy atom. The number of hydrogen-bond donors (Lipinski definition) is 1. The van der Waals surface area contributed by atoms with E-state index in [2.05, 4.69) is 18.2 Å². The van der Waals surface area contributed by atoms with Crippen LogP contribution >= 0.6 is 11.8 Å². The summed E-state index contributed by atoms with van der Waals surface area (Å²) in [6, 6.07) is 6.40. The first-order valence-electron chi connectivity index (χ1n) is 5.27. The molecule has 1 heterocycles. The number of thioether (sulfide) groups is 1. The fourth-order valence-corrected chi connectivity index (χ4v) is 3.41. The number of aliphatic hydroxyl groups is 1. The molecule has 0 radical (unpaired) electrons. The fourth-order valence-electron chi connectivity index (χ4n) is 2.14. The molecule has 2 aliphatic rings. The minimum atomic E-state index is -0.463. The second-order valence-electron chi connectivity index (χ2n) is 4.28. The smallest absolute Gasteiger partial charge is 0.0909 e. The first-order valence-corrected chi connectivity index (χ1v) is 6.26. The summed E-state index contributed by atoms with van der Waals surface area (Å²) >= 11 is 1.92. The van der Waals surface area contributed by atoms with Gasteiger partial charge >= 0.3 is 0 Å². The van der Waals surface area contributed by atoms with Gasteiger partial charge < -0.3 is 5.11 Å². The Kier molecular flexibility index (Phi) is 1.89. The Morgan fingerprint density at radius 3 is 2.93 bits per heavy atom. The van der Waals surface area contributed by atoms with Crippen LogP contribution in [-0.4, -0.2) is 10.9 Å². The van der Waals surface area contributed by atoms with Crippen LogP contribution in [0.5, 0.6) is 0 Å². The van der Waals surface area contributed by atoms with Crippen molar-refractivity contribution < 1.29 is 5.11 Å². The molecule has 1 N–H and O–H groups in total. The molecule has 3 rings (SSSR count). The second kappa shape index (κ2) is 3.01. The van der Waals surface area contributed by atoms with Gasteiger partial charge in [-0.15, -0.1) is 11.8 Å². The molecule has 1 aliphatic heterocycles. The lowest BCUT2D eigenvalue weighted by atomic mass is 10.0. The van der Waals surface area contributed by atoms with Gasteiger partial charge in [0.15, 0.2) is 0 Å². The monoisotopic (exact) mass is 206 g/mol. The van der Waals surface area contributed by atoms with Crippen LogP contribution in [-0.2, 0) is 12.0 Å². The van der Waals surface area contributed by atoms with Crippen molar-refractivity contribution in [3.63, 3.8) is 0 Å². The van der Waals surface area contributed by atoms with Crippen LogP contribution < -0.4 is 0 Å². The van der Waals surface area contributed by atoms with E-state index < -0.39 is 5.60 Å². The van der Waals surface area contributed by atoms with E-state index in [1.165, 1.54) is 34.6 Å². The maximum Gasteiger partial charge on any atom is 0.0909 e. The molecule has 1 fully saturated rings. The first kappa shape index (κ1) is 8.81. The average Bonchev–Trinajstić information content (AvgIpc) is 2.97. The van der Waals surface area contributed by atoms with Gasteiger partial charge in [-0.1, -0.05) is 18.2 Å². The van der Waals surface area contributed by atoms with Gasteiger partial charge in [-0.25, -0.2) is 0 Å². The van der Waals surface area contributed by atoms with Gasteiger partial charge in [-0.2, -0.15) is 0 Å². The molecule has 0 unspecified atom stereocenters. The van der Waals surface area contributed by atoms with Crippen molar-refractivity contribution in [3.05, 3.63) is 29.3 Å². The van der Waals surface area contributed by atoms with Gasteiger partial charge in [-0.3, -0.25) is 0 Å². The lowest BCUT2D eigenvalue weighted by molar-refractivity contribution is 0.148. The van der Waals surface area contributed by atoms with Crippen LogP contribution in [0.25, 0.3) is 0 Å². The van der Waals surface area contributed by atoms with Gasteiger partial charge in [0.05, 0.1) is 5.60 Å². The maximum absolute atomic E-state index is 10.1. The SMILES string of the molecule is OC1(c2cccc3c2SCCC3)CC1. The summed E-state index contributed by atoms with van der Waals surface area (Å²) in [5.74, 6) is 1.21. The molecule has 0 atom stereocenters. The number of aryl methyl sites for hydroxylation is 1. The summed E-state index contributed by atoms with van der Waals surface area (Å²) in [6.45, 7) is 0. The Hall–Kier alpha value is -0.470. The zero-order chi connectivity index (χ0) is 9.60.